The van der Waals surface area contributed by atoms with Gasteiger partial charge in [-0.3, -0.25) is 0 Å². The highest BCUT2D eigenvalue weighted by atomic mass is 35.5. The Bertz CT molecular complexity index is 744. The van der Waals surface area contributed by atoms with Gasteiger partial charge in [0.05, 0.1) is 0 Å². The third-order valence-electron chi connectivity index (χ3n) is 5.31. The van der Waals surface area contributed by atoms with E-state index in [1.165, 1.54) is 0 Å². The maximum atomic E-state index is 12.1. The molecule has 1 aliphatic carbocycles. The second-order valence-corrected chi connectivity index (χ2v) is 7.88. The number of nitrogens with one attached hydrogen (secondary N) is 2. The van der Waals surface area contributed by atoms with E-state index in [0.29, 0.717) is 23.5 Å². The van der Waals surface area contributed by atoms with Gasteiger partial charge in [0.15, 0.2) is 0 Å². The monoisotopic (exact) mass is 413 g/mol. The summed E-state index contributed by atoms with van der Waals surface area (Å²) in [4.78, 5) is 16.6. The standard InChI is InChI=1S/C18H20ClN3O2S.ClH/c19-15-10-25-16(22-15)18(13-6-7-20-8-14(13)18)11-21-17(23)24-9-12-4-2-1-3-5-12;/h1-5,10,13-14,20H,6-9,11H2,(H,21,23);1H. The van der Waals surface area contributed by atoms with Gasteiger partial charge in [-0.25, -0.2) is 9.78 Å². The zero-order valence-electron chi connectivity index (χ0n) is 14.1. The molecule has 1 aromatic carbocycles. The summed E-state index contributed by atoms with van der Waals surface area (Å²) in [7, 11) is 0. The van der Waals surface area contributed by atoms with E-state index in [2.05, 4.69) is 15.6 Å². The maximum absolute atomic E-state index is 12.1. The molecule has 26 heavy (non-hydrogen) atoms. The van der Waals surface area contributed by atoms with E-state index in [9.17, 15) is 4.79 Å². The van der Waals surface area contributed by atoms with Crippen molar-refractivity contribution in [2.45, 2.75) is 18.4 Å². The fourth-order valence-corrected chi connectivity index (χ4v) is 5.29. The molecule has 2 N–H and O–H groups in total. The molecule has 0 radical (unpaired) electrons. The Morgan fingerprint density at radius 3 is 2.85 bits per heavy atom. The molecule has 2 aromatic rings. The molecule has 1 saturated carbocycles. The van der Waals surface area contributed by atoms with Crippen molar-refractivity contribution >= 4 is 41.4 Å². The Hall–Kier alpha value is -1.34. The van der Waals surface area contributed by atoms with Crippen LogP contribution in [0.3, 0.4) is 0 Å². The molecule has 5 nitrogen and oxygen atoms in total. The van der Waals surface area contributed by atoms with Crippen LogP contribution in [0.2, 0.25) is 5.15 Å². The van der Waals surface area contributed by atoms with E-state index in [0.717, 1.165) is 30.1 Å². The van der Waals surface area contributed by atoms with E-state index >= 15 is 0 Å². The number of nitrogens with zero attached hydrogens (tertiary/aromatic N) is 1. The minimum Gasteiger partial charge on any atom is -0.445 e. The van der Waals surface area contributed by atoms with Crippen LogP contribution in [0, 0.1) is 11.8 Å². The third-order valence-corrected chi connectivity index (χ3v) is 6.67. The first-order valence-electron chi connectivity index (χ1n) is 8.47. The van der Waals surface area contributed by atoms with Crippen molar-refractivity contribution in [3.8, 4) is 0 Å². The number of piperidine rings is 1. The number of alkyl carbamates (subject to hydrolysis) is 1. The fraction of sp³-hybridized carbons (Fsp3) is 0.444. The molecule has 2 heterocycles. The lowest BCUT2D eigenvalue weighted by atomic mass is 10.0. The van der Waals surface area contributed by atoms with Gasteiger partial charge >= 0.3 is 6.09 Å². The lowest BCUT2D eigenvalue weighted by molar-refractivity contribution is 0.138. The highest BCUT2D eigenvalue weighted by molar-refractivity contribution is 7.10. The number of amides is 1. The van der Waals surface area contributed by atoms with Crippen LogP contribution in [0.25, 0.3) is 0 Å². The lowest BCUT2D eigenvalue weighted by Gasteiger charge is -2.16. The van der Waals surface area contributed by atoms with E-state index in [1.54, 1.807) is 11.3 Å². The molecular weight excluding hydrogens is 393 g/mol. The molecule has 140 valence electrons. The van der Waals surface area contributed by atoms with Crippen LogP contribution in [0.15, 0.2) is 35.7 Å². The average Bonchev–Trinajstić information content (AvgIpc) is 3.10. The summed E-state index contributed by atoms with van der Waals surface area (Å²) in [6.45, 7) is 2.79. The molecule has 2 aliphatic rings. The van der Waals surface area contributed by atoms with E-state index in [-0.39, 0.29) is 30.5 Å². The summed E-state index contributed by atoms with van der Waals surface area (Å²) < 4.78 is 5.34. The summed E-state index contributed by atoms with van der Waals surface area (Å²) in [5, 5.41) is 9.82. The molecule has 0 bridgehead atoms. The van der Waals surface area contributed by atoms with Gasteiger partial charge in [-0.15, -0.1) is 23.7 Å². The van der Waals surface area contributed by atoms with Crippen LogP contribution in [0.5, 0.6) is 0 Å². The number of benzene rings is 1. The minimum absolute atomic E-state index is 0. The number of carbonyl (C=O) groups excluding carboxylic acids is 1. The highest BCUT2D eigenvalue weighted by Crippen LogP contribution is 2.62. The van der Waals surface area contributed by atoms with E-state index in [4.69, 9.17) is 16.3 Å². The molecule has 3 unspecified atom stereocenters. The van der Waals surface area contributed by atoms with Crippen LogP contribution < -0.4 is 10.6 Å². The SMILES string of the molecule is Cl.O=C(NCC1(c2nc(Cl)cs2)C2CCNCC21)OCc1ccccc1. The molecular formula is C18H21Cl2N3O2S. The number of ether oxygens (including phenoxy) is 1. The lowest BCUT2D eigenvalue weighted by Crippen LogP contribution is -2.35. The van der Waals surface area contributed by atoms with Crippen LogP contribution in [-0.2, 0) is 16.8 Å². The number of fused-ring (bicyclic) bond motifs is 1. The molecule has 1 aliphatic heterocycles. The van der Waals surface area contributed by atoms with Gasteiger partial charge in [-0.1, -0.05) is 41.9 Å². The molecule has 2 fully saturated rings. The first kappa shape index (κ1) is 19.4. The van der Waals surface area contributed by atoms with Crippen molar-refractivity contribution in [1.29, 1.82) is 0 Å². The summed E-state index contributed by atoms with van der Waals surface area (Å²) in [5.74, 6) is 1.04. The number of rotatable bonds is 5. The second-order valence-electron chi connectivity index (χ2n) is 6.64. The average molecular weight is 414 g/mol. The predicted molar refractivity (Wildman–Crippen MR) is 105 cm³/mol. The normalized spacial score (nSPS) is 26.3. The number of halogens is 2. The zero-order valence-corrected chi connectivity index (χ0v) is 16.5. The molecule has 8 heteroatoms. The summed E-state index contributed by atoms with van der Waals surface area (Å²) >= 11 is 7.63. The smallest absolute Gasteiger partial charge is 0.407 e. The Labute approximate surface area is 167 Å². The molecule has 1 saturated heterocycles. The van der Waals surface area contributed by atoms with Crippen molar-refractivity contribution in [3.63, 3.8) is 0 Å². The Morgan fingerprint density at radius 1 is 1.38 bits per heavy atom. The van der Waals surface area contributed by atoms with Gasteiger partial charge < -0.3 is 15.4 Å². The molecule has 3 atom stereocenters. The van der Waals surface area contributed by atoms with Gasteiger partial charge in [-0.2, -0.15) is 0 Å². The summed E-state index contributed by atoms with van der Waals surface area (Å²) in [6.07, 6.45) is 0.713. The quantitative estimate of drug-likeness (QED) is 0.785. The number of hydrogen-bond acceptors (Lipinski definition) is 5. The van der Waals surface area contributed by atoms with Crippen LogP contribution in [0.4, 0.5) is 4.79 Å². The summed E-state index contributed by atoms with van der Waals surface area (Å²) in [5.41, 5.74) is 0.871. The van der Waals surface area contributed by atoms with Gasteiger partial charge in [0.1, 0.15) is 16.8 Å². The van der Waals surface area contributed by atoms with Crippen molar-refractivity contribution < 1.29 is 9.53 Å². The van der Waals surface area contributed by atoms with Crippen LogP contribution >= 0.6 is 35.3 Å². The molecule has 0 spiro atoms. The number of aromatic nitrogens is 1. The van der Waals surface area contributed by atoms with Crippen LogP contribution in [-0.4, -0.2) is 30.7 Å². The first-order chi connectivity index (χ1) is 12.2. The second kappa shape index (κ2) is 8.13. The maximum Gasteiger partial charge on any atom is 0.407 e. The van der Waals surface area contributed by atoms with Crippen molar-refractivity contribution in [1.82, 2.24) is 15.6 Å². The predicted octanol–water partition coefficient (Wildman–Crippen LogP) is 3.62. The minimum atomic E-state index is -0.387. The van der Waals surface area contributed by atoms with E-state index < -0.39 is 0 Å². The van der Waals surface area contributed by atoms with Crippen molar-refractivity contribution in [3.05, 3.63) is 51.4 Å². The Kier molecular flexibility index (Phi) is 6.07. The van der Waals surface area contributed by atoms with Gasteiger partial charge in [0.25, 0.3) is 0 Å². The Balaban J connectivity index is 0.00000196. The van der Waals surface area contributed by atoms with E-state index in [1.807, 2.05) is 35.7 Å². The van der Waals surface area contributed by atoms with Crippen molar-refractivity contribution in [2.24, 2.45) is 11.8 Å². The molecule has 1 amide bonds. The van der Waals surface area contributed by atoms with Crippen LogP contribution in [0.1, 0.15) is 17.0 Å². The number of carbonyl (C=O) groups is 1. The zero-order chi connectivity index (χ0) is 17.3. The van der Waals surface area contributed by atoms with Gasteiger partial charge in [0.2, 0.25) is 0 Å². The first-order valence-corrected chi connectivity index (χ1v) is 9.72. The fourth-order valence-electron chi connectivity index (χ4n) is 4.02. The highest BCUT2D eigenvalue weighted by Gasteiger charge is 2.67. The topological polar surface area (TPSA) is 63.2 Å². The number of thiazole rings is 1. The van der Waals surface area contributed by atoms with Crippen molar-refractivity contribution in [2.75, 3.05) is 19.6 Å². The molecule has 4 rings (SSSR count). The Morgan fingerprint density at radius 2 is 2.19 bits per heavy atom. The van der Waals surface area contributed by atoms with Gasteiger partial charge in [0, 0.05) is 17.3 Å². The third kappa shape index (κ3) is 3.69. The van der Waals surface area contributed by atoms with Gasteiger partial charge in [-0.05, 0) is 36.9 Å². The summed E-state index contributed by atoms with van der Waals surface area (Å²) in [6, 6.07) is 9.68. The largest absolute Gasteiger partial charge is 0.445 e. The number of hydrogen-bond donors (Lipinski definition) is 2. The molecule has 1 aromatic heterocycles.